The maximum atomic E-state index is 12.9. The quantitative estimate of drug-likeness (QED) is 0.817. The van der Waals surface area contributed by atoms with Gasteiger partial charge < -0.3 is 4.90 Å². The van der Waals surface area contributed by atoms with E-state index in [-0.39, 0.29) is 5.82 Å². The van der Waals surface area contributed by atoms with Crippen LogP contribution in [0.25, 0.3) is 0 Å². The first-order valence-electron chi connectivity index (χ1n) is 5.81. The fourth-order valence-corrected chi connectivity index (χ4v) is 2.64. The van der Waals surface area contributed by atoms with Crippen LogP contribution in [-0.4, -0.2) is 19.0 Å². The topological polar surface area (TPSA) is 3.24 Å². The SMILES string of the molecule is CN(C)Cc1ccccc1Sc1ccc(F)cc1. The summed E-state index contributed by atoms with van der Waals surface area (Å²) in [5.74, 6) is -0.194. The van der Waals surface area contributed by atoms with Crippen molar-refractivity contribution in [1.82, 2.24) is 4.90 Å². The molecule has 0 aliphatic heterocycles. The molecule has 0 radical (unpaired) electrons. The molecule has 2 rings (SSSR count). The number of hydrogen-bond acceptors (Lipinski definition) is 2. The van der Waals surface area contributed by atoms with Crippen LogP contribution >= 0.6 is 11.8 Å². The summed E-state index contributed by atoms with van der Waals surface area (Å²) in [6.45, 7) is 0.907. The molecule has 0 aromatic heterocycles. The molecule has 94 valence electrons. The van der Waals surface area contributed by atoms with Gasteiger partial charge in [0, 0.05) is 16.3 Å². The van der Waals surface area contributed by atoms with Gasteiger partial charge in [-0.15, -0.1) is 0 Å². The van der Waals surface area contributed by atoms with E-state index in [1.807, 2.05) is 24.3 Å². The lowest BCUT2D eigenvalue weighted by Crippen LogP contribution is -2.11. The van der Waals surface area contributed by atoms with Crippen molar-refractivity contribution in [3.8, 4) is 0 Å². The van der Waals surface area contributed by atoms with E-state index in [1.165, 1.54) is 22.6 Å². The lowest BCUT2D eigenvalue weighted by atomic mass is 10.2. The Bertz CT molecular complexity index is 508. The van der Waals surface area contributed by atoms with Gasteiger partial charge in [-0.1, -0.05) is 30.0 Å². The molecule has 0 saturated carbocycles. The molecule has 2 aromatic carbocycles. The number of halogens is 1. The van der Waals surface area contributed by atoms with Gasteiger partial charge in [0.15, 0.2) is 0 Å². The summed E-state index contributed by atoms with van der Waals surface area (Å²) >= 11 is 1.67. The van der Waals surface area contributed by atoms with Gasteiger partial charge in [-0.2, -0.15) is 0 Å². The minimum Gasteiger partial charge on any atom is -0.305 e. The zero-order valence-electron chi connectivity index (χ0n) is 10.6. The standard InChI is InChI=1S/C15H16FNS/c1-17(2)11-12-5-3-4-6-15(12)18-14-9-7-13(16)8-10-14/h3-10H,11H2,1-2H3. The van der Waals surface area contributed by atoms with Crippen molar-refractivity contribution < 1.29 is 4.39 Å². The first-order valence-corrected chi connectivity index (χ1v) is 6.63. The molecule has 0 bridgehead atoms. The second kappa shape index (κ2) is 6.03. The summed E-state index contributed by atoms with van der Waals surface area (Å²) < 4.78 is 12.9. The molecule has 3 heteroatoms. The third-order valence-corrected chi connectivity index (χ3v) is 3.63. The van der Waals surface area contributed by atoms with Crippen LogP contribution in [0.3, 0.4) is 0 Å². The molecule has 0 heterocycles. The summed E-state index contributed by atoms with van der Waals surface area (Å²) in [6, 6.07) is 14.9. The highest BCUT2D eigenvalue weighted by atomic mass is 32.2. The molecule has 0 atom stereocenters. The van der Waals surface area contributed by atoms with Crippen LogP contribution < -0.4 is 0 Å². The molecule has 2 aromatic rings. The van der Waals surface area contributed by atoms with Crippen molar-refractivity contribution in [1.29, 1.82) is 0 Å². The summed E-state index contributed by atoms with van der Waals surface area (Å²) in [6.07, 6.45) is 0. The molecule has 0 fully saturated rings. The van der Waals surface area contributed by atoms with Gasteiger partial charge in [0.2, 0.25) is 0 Å². The zero-order valence-corrected chi connectivity index (χ0v) is 11.4. The van der Waals surface area contributed by atoms with Crippen molar-refractivity contribution in [3.05, 3.63) is 59.9 Å². The van der Waals surface area contributed by atoms with Crippen LogP contribution in [0.1, 0.15) is 5.56 Å². The Morgan fingerprint density at radius 1 is 1.00 bits per heavy atom. The van der Waals surface area contributed by atoms with Crippen LogP contribution in [0.2, 0.25) is 0 Å². The van der Waals surface area contributed by atoms with E-state index in [0.29, 0.717) is 0 Å². The van der Waals surface area contributed by atoms with Crippen molar-refractivity contribution in [2.24, 2.45) is 0 Å². The smallest absolute Gasteiger partial charge is 0.123 e. The second-order valence-corrected chi connectivity index (χ2v) is 5.52. The zero-order chi connectivity index (χ0) is 13.0. The Morgan fingerprint density at radius 2 is 1.67 bits per heavy atom. The van der Waals surface area contributed by atoms with Crippen molar-refractivity contribution in [2.75, 3.05) is 14.1 Å². The summed E-state index contributed by atoms with van der Waals surface area (Å²) in [4.78, 5) is 4.42. The molecule has 0 aliphatic carbocycles. The van der Waals surface area contributed by atoms with Gasteiger partial charge in [-0.3, -0.25) is 0 Å². The average molecular weight is 261 g/mol. The Kier molecular flexibility index (Phi) is 4.39. The van der Waals surface area contributed by atoms with Crippen LogP contribution in [0, 0.1) is 5.82 Å². The fourth-order valence-electron chi connectivity index (χ4n) is 1.70. The van der Waals surface area contributed by atoms with Crippen LogP contribution in [0.15, 0.2) is 58.3 Å². The minimum absolute atomic E-state index is 0.194. The van der Waals surface area contributed by atoms with Crippen molar-refractivity contribution >= 4 is 11.8 Å². The van der Waals surface area contributed by atoms with Crippen LogP contribution in [-0.2, 0) is 6.54 Å². The average Bonchev–Trinajstić information content (AvgIpc) is 2.34. The van der Waals surface area contributed by atoms with Crippen LogP contribution in [0.4, 0.5) is 4.39 Å². The summed E-state index contributed by atoms with van der Waals surface area (Å²) in [5, 5.41) is 0. The van der Waals surface area contributed by atoms with E-state index < -0.39 is 0 Å². The van der Waals surface area contributed by atoms with E-state index >= 15 is 0 Å². The summed E-state index contributed by atoms with van der Waals surface area (Å²) in [5.41, 5.74) is 1.29. The number of hydrogen-bond donors (Lipinski definition) is 0. The lowest BCUT2D eigenvalue weighted by Gasteiger charge is -2.13. The molecule has 1 nitrogen and oxygen atoms in total. The molecule has 0 amide bonds. The molecular weight excluding hydrogens is 245 g/mol. The number of benzene rings is 2. The third-order valence-electron chi connectivity index (χ3n) is 2.50. The third kappa shape index (κ3) is 3.59. The largest absolute Gasteiger partial charge is 0.305 e. The van der Waals surface area contributed by atoms with E-state index in [2.05, 4.69) is 31.1 Å². The normalized spacial score (nSPS) is 10.9. The lowest BCUT2D eigenvalue weighted by molar-refractivity contribution is 0.399. The van der Waals surface area contributed by atoms with Gasteiger partial charge in [0.25, 0.3) is 0 Å². The predicted octanol–water partition coefficient (Wildman–Crippen LogP) is 4.04. The molecule has 0 unspecified atom stereocenters. The van der Waals surface area contributed by atoms with E-state index in [9.17, 15) is 4.39 Å². The maximum absolute atomic E-state index is 12.9. The highest BCUT2D eigenvalue weighted by Gasteiger charge is 2.05. The van der Waals surface area contributed by atoms with E-state index in [4.69, 9.17) is 0 Å². The van der Waals surface area contributed by atoms with Gasteiger partial charge in [0.05, 0.1) is 0 Å². The van der Waals surface area contributed by atoms with Crippen molar-refractivity contribution in [3.63, 3.8) is 0 Å². The highest BCUT2D eigenvalue weighted by Crippen LogP contribution is 2.30. The molecule has 18 heavy (non-hydrogen) atoms. The highest BCUT2D eigenvalue weighted by molar-refractivity contribution is 7.99. The minimum atomic E-state index is -0.194. The molecule has 0 spiro atoms. The summed E-state index contributed by atoms with van der Waals surface area (Å²) in [7, 11) is 4.11. The van der Waals surface area contributed by atoms with E-state index in [1.54, 1.807) is 11.8 Å². The first kappa shape index (κ1) is 13.1. The number of nitrogens with zero attached hydrogens (tertiary/aromatic N) is 1. The first-order chi connectivity index (χ1) is 8.65. The van der Waals surface area contributed by atoms with Crippen molar-refractivity contribution in [2.45, 2.75) is 16.3 Å². The molecule has 0 saturated heterocycles. The Balaban J connectivity index is 2.20. The number of rotatable bonds is 4. The Morgan fingerprint density at radius 3 is 2.33 bits per heavy atom. The van der Waals surface area contributed by atoms with Crippen LogP contribution in [0.5, 0.6) is 0 Å². The molecule has 0 N–H and O–H groups in total. The molecular formula is C15H16FNS. The van der Waals surface area contributed by atoms with Gasteiger partial charge in [-0.25, -0.2) is 4.39 Å². The van der Waals surface area contributed by atoms with Gasteiger partial charge in [-0.05, 0) is 50.0 Å². The maximum Gasteiger partial charge on any atom is 0.123 e. The second-order valence-electron chi connectivity index (χ2n) is 4.40. The predicted molar refractivity (Wildman–Crippen MR) is 74.4 cm³/mol. The van der Waals surface area contributed by atoms with E-state index in [0.717, 1.165) is 11.4 Å². The molecule has 0 aliphatic rings. The Labute approximate surface area is 112 Å². The van der Waals surface area contributed by atoms with Gasteiger partial charge in [0.1, 0.15) is 5.82 Å². The monoisotopic (exact) mass is 261 g/mol. The van der Waals surface area contributed by atoms with Gasteiger partial charge >= 0.3 is 0 Å². The Hall–Kier alpha value is -1.32. The fraction of sp³-hybridized carbons (Fsp3) is 0.200.